The van der Waals surface area contributed by atoms with E-state index >= 15 is 0 Å². The second-order valence-corrected chi connectivity index (χ2v) is 6.65. The number of aliphatic hydroxyl groups is 1. The van der Waals surface area contributed by atoms with Gasteiger partial charge in [0.2, 0.25) is 0 Å². The molecule has 0 radical (unpaired) electrons. The Bertz CT molecular complexity index is 211. The van der Waals surface area contributed by atoms with Crippen molar-refractivity contribution in [3.63, 3.8) is 0 Å². The molecule has 0 aliphatic heterocycles. The molecule has 96 valence electrons. The molecule has 0 bridgehead atoms. The highest BCUT2D eigenvalue weighted by Gasteiger charge is 2.24. The second-order valence-electron chi connectivity index (χ2n) is 4.17. The summed E-state index contributed by atoms with van der Waals surface area (Å²) in [5.74, 6) is -1.06. The summed E-state index contributed by atoms with van der Waals surface area (Å²) in [6, 6.07) is 0. The van der Waals surface area contributed by atoms with E-state index in [0.717, 1.165) is 12.8 Å². The van der Waals surface area contributed by atoms with Crippen molar-refractivity contribution in [2.75, 3.05) is 6.61 Å². The number of carboxylic acids is 1. The summed E-state index contributed by atoms with van der Waals surface area (Å²) in [7, 11) is 0. The molecule has 3 unspecified atom stereocenters. The quantitative estimate of drug-likeness (QED) is 0.655. The number of hydrogen-bond donors (Lipinski definition) is 2. The van der Waals surface area contributed by atoms with Gasteiger partial charge in [0.15, 0.2) is 0 Å². The molecule has 0 rings (SSSR count). The Morgan fingerprint density at radius 2 is 1.88 bits per heavy atom. The number of alkyl halides is 2. The maximum Gasteiger partial charge on any atom is 0.306 e. The highest BCUT2D eigenvalue weighted by molar-refractivity contribution is 9.09. The van der Waals surface area contributed by atoms with Crippen molar-refractivity contribution in [3.05, 3.63) is 0 Å². The topological polar surface area (TPSA) is 57.5 Å². The summed E-state index contributed by atoms with van der Waals surface area (Å²) in [5.41, 5.74) is 0. The zero-order chi connectivity index (χ0) is 12.7. The summed E-state index contributed by atoms with van der Waals surface area (Å²) in [5, 5.41) is 18.1. The number of carbonyl (C=O) groups is 1. The van der Waals surface area contributed by atoms with Crippen LogP contribution in [0.25, 0.3) is 0 Å². The van der Waals surface area contributed by atoms with Crippen LogP contribution in [0.3, 0.4) is 0 Å². The van der Waals surface area contributed by atoms with Gasteiger partial charge in [-0.2, -0.15) is 0 Å². The lowest BCUT2D eigenvalue weighted by atomic mass is 9.93. The predicted molar refractivity (Wildman–Crippen MR) is 72.3 cm³/mol. The Morgan fingerprint density at radius 1 is 1.31 bits per heavy atom. The van der Waals surface area contributed by atoms with E-state index in [9.17, 15) is 9.90 Å². The van der Waals surface area contributed by atoms with Gasteiger partial charge < -0.3 is 10.2 Å². The minimum Gasteiger partial charge on any atom is -0.481 e. The van der Waals surface area contributed by atoms with E-state index in [2.05, 4.69) is 38.8 Å². The van der Waals surface area contributed by atoms with Gasteiger partial charge in [-0.15, -0.1) is 0 Å². The highest BCUT2D eigenvalue weighted by atomic mass is 79.9. The standard InChI is InChI=1S/C11H20Br2O3/c1-3-9(12)5-8(6-14)10(13)4-7(2)11(15)16/h7-10,14H,3-6H2,1-2H3,(H,15,16)/t7?,8?,9?,10-/m1/s1. The van der Waals surface area contributed by atoms with Gasteiger partial charge in [0.25, 0.3) is 0 Å². The molecule has 0 spiro atoms. The monoisotopic (exact) mass is 358 g/mol. The third kappa shape index (κ3) is 6.21. The Balaban J connectivity index is 4.19. The molecule has 0 aliphatic rings. The number of halogens is 2. The molecule has 4 atom stereocenters. The van der Waals surface area contributed by atoms with Crippen molar-refractivity contribution >= 4 is 37.8 Å². The smallest absolute Gasteiger partial charge is 0.306 e. The van der Waals surface area contributed by atoms with Crippen LogP contribution in [0.5, 0.6) is 0 Å². The van der Waals surface area contributed by atoms with Gasteiger partial charge in [-0.05, 0) is 25.2 Å². The molecule has 0 aromatic heterocycles. The average molecular weight is 360 g/mol. The summed E-state index contributed by atoms with van der Waals surface area (Å²) in [6.45, 7) is 3.86. The fourth-order valence-electron chi connectivity index (χ4n) is 1.46. The minimum atomic E-state index is -0.785. The predicted octanol–water partition coefficient (Wildman–Crippen LogP) is 3.03. The van der Waals surface area contributed by atoms with Crippen molar-refractivity contribution in [2.45, 2.75) is 42.8 Å². The maximum atomic E-state index is 10.7. The number of aliphatic hydroxyl groups excluding tert-OH is 1. The fourth-order valence-corrected chi connectivity index (χ4v) is 2.89. The Morgan fingerprint density at radius 3 is 2.25 bits per heavy atom. The van der Waals surface area contributed by atoms with Crippen molar-refractivity contribution in [3.8, 4) is 0 Å². The van der Waals surface area contributed by atoms with Gasteiger partial charge in [-0.1, -0.05) is 45.7 Å². The Kier molecular flexibility index (Phi) is 8.68. The lowest BCUT2D eigenvalue weighted by molar-refractivity contribution is -0.141. The molecule has 2 N–H and O–H groups in total. The zero-order valence-electron chi connectivity index (χ0n) is 9.70. The Labute approximate surface area is 114 Å². The van der Waals surface area contributed by atoms with E-state index in [1.165, 1.54) is 0 Å². The molecule has 0 saturated carbocycles. The molecule has 0 heterocycles. The SMILES string of the molecule is CCC(Br)CC(CO)[C@H](Br)CC(C)C(=O)O. The van der Waals surface area contributed by atoms with Crippen LogP contribution in [0.4, 0.5) is 0 Å². The third-order valence-corrected chi connectivity index (χ3v) is 4.89. The van der Waals surface area contributed by atoms with Crippen LogP contribution in [-0.4, -0.2) is 32.4 Å². The van der Waals surface area contributed by atoms with Gasteiger partial charge in [0.1, 0.15) is 0 Å². The van der Waals surface area contributed by atoms with E-state index < -0.39 is 5.97 Å². The van der Waals surface area contributed by atoms with Crippen molar-refractivity contribution in [1.82, 2.24) is 0 Å². The highest BCUT2D eigenvalue weighted by Crippen LogP contribution is 2.27. The average Bonchev–Trinajstić information content (AvgIpc) is 2.24. The van der Waals surface area contributed by atoms with Gasteiger partial charge >= 0.3 is 5.97 Å². The number of rotatable bonds is 8. The zero-order valence-corrected chi connectivity index (χ0v) is 12.9. The van der Waals surface area contributed by atoms with Crippen LogP contribution < -0.4 is 0 Å². The van der Waals surface area contributed by atoms with Crippen LogP contribution in [0.2, 0.25) is 0 Å². The lowest BCUT2D eigenvalue weighted by Crippen LogP contribution is -2.25. The van der Waals surface area contributed by atoms with E-state index in [-0.39, 0.29) is 23.3 Å². The second kappa shape index (κ2) is 8.48. The molecule has 5 heteroatoms. The van der Waals surface area contributed by atoms with E-state index in [0.29, 0.717) is 11.2 Å². The van der Waals surface area contributed by atoms with Crippen LogP contribution in [0, 0.1) is 11.8 Å². The molecular formula is C11H20Br2O3. The van der Waals surface area contributed by atoms with Gasteiger partial charge in [0.05, 0.1) is 5.92 Å². The van der Waals surface area contributed by atoms with Crippen molar-refractivity contribution < 1.29 is 15.0 Å². The number of hydrogen-bond acceptors (Lipinski definition) is 2. The van der Waals surface area contributed by atoms with Crippen LogP contribution in [0.1, 0.15) is 33.1 Å². The van der Waals surface area contributed by atoms with Crippen LogP contribution >= 0.6 is 31.9 Å². The van der Waals surface area contributed by atoms with Gasteiger partial charge in [-0.25, -0.2) is 0 Å². The first-order valence-electron chi connectivity index (χ1n) is 5.54. The van der Waals surface area contributed by atoms with E-state index in [4.69, 9.17) is 5.11 Å². The summed E-state index contributed by atoms with van der Waals surface area (Å²) >= 11 is 7.02. The number of carboxylic acid groups (broad SMARTS) is 1. The van der Waals surface area contributed by atoms with Crippen molar-refractivity contribution in [2.24, 2.45) is 11.8 Å². The Hall–Kier alpha value is 0.390. The minimum absolute atomic E-state index is 0.0511. The maximum absolute atomic E-state index is 10.7. The van der Waals surface area contributed by atoms with Crippen molar-refractivity contribution in [1.29, 1.82) is 0 Å². The molecule has 0 aliphatic carbocycles. The summed E-state index contributed by atoms with van der Waals surface area (Å²) in [4.78, 5) is 11.2. The number of aliphatic carboxylic acids is 1. The normalized spacial score (nSPS) is 18.8. The van der Waals surface area contributed by atoms with E-state index in [1.807, 2.05) is 0 Å². The molecule has 3 nitrogen and oxygen atoms in total. The van der Waals surface area contributed by atoms with Gasteiger partial charge in [-0.3, -0.25) is 4.79 Å². The molecule has 0 saturated heterocycles. The first kappa shape index (κ1) is 16.4. The molecular weight excluding hydrogens is 340 g/mol. The summed E-state index contributed by atoms with van der Waals surface area (Å²) < 4.78 is 0. The van der Waals surface area contributed by atoms with Crippen LogP contribution in [0.15, 0.2) is 0 Å². The molecule has 0 amide bonds. The summed E-state index contributed by atoms with van der Waals surface area (Å²) in [6.07, 6.45) is 2.41. The molecule has 0 fully saturated rings. The largest absolute Gasteiger partial charge is 0.481 e. The first-order valence-corrected chi connectivity index (χ1v) is 7.37. The third-order valence-electron chi connectivity index (χ3n) is 2.75. The first-order chi connectivity index (χ1) is 7.42. The fraction of sp³-hybridized carbons (Fsp3) is 0.909. The lowest BCUT2D eigenvalue weighted by Gasteiger charge is -2.23. The molecule has 0 aromatic rings. The van der Waals surface area contributed by atoms with Crippen LogP contribution in [-0.2, 0) is 4.79 Å². The molecule has 0 aromatic carbocycles. The van der Waals surface area contributed by atoms with E-state index in [1.54, 1.807) is 6.92 Å². The molecule has 16 heavy (non-hydrogen) atoms. The van der Waals surface area contributed by atoms with Gasteiger partial charge in [0, 0.05) is 16.3 Å².